The summed E-state index contributed by atoms with van der Waals surface area (Å²) < 4.78 is 0. The Morgan fingerprint density at radius 2 is 1.45 bits per heavy atom. The molecule has 0 amide bonds. The Morgan fingerprint density at radius 3 is 2.36 bits per heavy atom. The molecule has 0 atom stereocenters. The Kier molecular flexibility index (Phi) is 4.51. The molecule has 0 aromatic heterocycles. The van der Waals surface area contributed by atoms with E-state index in [9.17, 15) is 0 Å². The molecular formula is C11H15. The zero-order valence-electron chi connectivity index (χ0n) is 6.87. The molecule has 0 bridgehead atoms. The van der Waals surface area contributed by atoms with E-state index in [1.165, 1.54) is 12.8 Å². The first-order valence-corrected chi connectivity index (χ1v) is 4.28. The predicted octanol–water partition coefficient (Wildman–Crippen LogP) is 3.43. The minimum Gasteiger partial charge on any atom is -0.0882 e. The Morgan fingerprint density at radius 1 is 0.636 bits per heavy atom. The van der Waals surface area contributed by atoms with E-state index in [4.69, 9.17) is 0 Å². The first kappa shape index (κ1) is 8.32. The maximum absolute atomic E-state index is 2.32. The molecular weight excluding hydrogens is 132 g/mol. The van der Waals surface area contributed by atoms with Crippen LogP contribution in [0.1, 0.15) is 25.7 Å². The van der Waals surface area contributed by atoms with E-state index in [-0.39, 0.29) is 0 Å². The van der Waals surface area contributed by atoms with Crippen LogP contribution in [0.2, 0.25) is 0 Å². The van der Waals surface area contributed by atoms with Gasteiger partial charge in [-0.3, -0.25) is 0 Å². The maximum atomic E-state index is 2.32. The van der Waals surface area contributed by atoms with Crippen LogP contribution >= 0.6 is 0 Å². The lowest BCUT2D eigenvalue weighted by atomic mass is 10.2. The average molecular weight is 147 g/mol. The third kappa shape index (κ3) is 4.60. The van der Waals surface area contributed by atoms with Crippen LogP contribution in [-0.4, -0.2) is 0 Å². The molecule has 0 N–H and O–H groups in total. The molecule has 0 aromatic carbocycles. The van der Waals surface area contributed by atoms with Crippen molar-refractivity contribution in [3.05, 3.63) is 42.9 Å². The van der Waals surface area contributed by atoms with E-state index in [2.05, 4.69) is 42.9 Å². The lowest BCUT2D eigenvalue weighted by Gasteiger charge is -1.90. The van der Waals surface area contributed by atoms with Crippen molar-refractivity contribution in [1.29, 1.82) is 0 Å². The molecule has 0 saturated carbocycles. The van der Waals surface area contributed by atoms with Gasteiger partial charge >= 0.3 is 0 Å². The fourth-order valence-corrected chi connectivity index (χ4v) is 1.04. The van der Waals surface area contributed by atoms with Gasteiger partial charge in [-0.2, -0.15) is 0 Å². The summed E-state index contributed by atoms with van der Waals surface area (Å²) in [5.74, 6) is 0. The highest BCUT2D eigenvalue weighted by molar-refractivity contribution is 5.06. The monoisotopic (exact) mass is 147 g/mol. The van der Waals surface area contributed by atoms with Gasteiger partial charge in [0.2, 0.25) is 0 Å². The molecule has 0 aromatic rings. The molecule has 0 unspecified atom stereocenters. The van der Waals surface area contributed by atoms with Crippen LogP contribution in [0.3, 0.4) is 0 Å². The quantitative estimate of drug-likeness (QED) is 0.460. The third-order valence-electron chi connectivity index (χ3n) is 1.66. The van der Waals surface area contributed by atoms with Gasteiger partial charge in [-0.15, -0.1) is 0 Å². The van der Waals surface area contributed by atoms with Gasteiger partial charge in [-0.05, 0) is 32.1 Å². The van der Waals surface area contributed by atoms with Crippen molar-refractivity contribution in [3.8, 4) is 0 Å². The molecule has 1 aliphatic rings. The van der Waals surface area contributed by atoms with E-state index in [0.29, 0.717) is 0 Å². The molecule has 0 spiro atoms. The molecule has 1 radical (unpaired) electrons. The lowest BCUT2D eigenvalue weighted by molar-refractivity contribution is 0.932. The fraction of sp³-hybridized carbons (Fsp3) is 0.364. The molecule has 0 heteroatoms. The second-order valence-corrected chi connectivity index (χ2v) is 2.67. The molecule has 0 saturated heterocycles. The first-order chi connectivity index (χ1) is 5.50. The van der Waals surface area contributed by atoms with Crippen molar-refractivity contribution in [3.63, 3.8) is 0 Å². The van der Waals surface area contributed by atoms with Gasteiger partial charge in [0.05, 0.1) is 0 Å². The minimum absolute atomic E-state index is 1.07. The van der Waals surface area contributed by atoms with Crippen LogP contribution < -0.4 is 0 Å². The van der Waals surface area contributed by atoms with Crippen molar-refractivity contribution < 1.29 is 0 Å². The van der Waals surface area contributed by atoms with E-state index in [0.717, 1.165) is 12.8 Å². The van der Waals surface area contributed by atoms with Gasteiger partial charge in [0, 0.05) is 0 Å². The van der Waals surface area contributed by atoms with E-state index < -0.39 is 0 Å². The van der Waals surface area contributed by atoms with E-state index in [1.807, 2.05) is 0 Å². The number of allylic oxidation sites excluding steroid dienone is 6. The highest BCUT2D eigenvalue weighted by Gasteiger charge is 1.84. The van der Waals surface area contributed by atoms with E-state index >= 15 is 0 Å². The number of hydrogen-bond acceptors (Lipinski definition) is 0. The zero-order valence-corrected chi connectivity index (χ0v) is 6.87. The minimum atomic E-state index is 1.07. The predicted molar refractivity (Wildman–Crippen MR) is 50.2 cm³/mol. The molecule has 0 heterocycles. The normalized spacial score (nSPS) is 28.4. The molecule has 59 valence electrons. The standard InChI is InChI=1S/C11H15/c1-2-4-6-8-10-11-9-7-5-3-1/h1-4,7-9H,5-6,10-11H2/b3-1-,4-2-,9-7-. The summed E-state index contributed by atoms with van der Waals surface area (Å²) in [6.07, 6.45) is 20.0. The molecule has 0 nitrogen and oxygen atoms in total. The van der Waals surface area contributed by atoms with Crippen molar-refractivity contribution >= 4 is 0 Å². The van der Waals surface area contributed by atoms with Crippen molar-refractivity contribution in [2.75, 3.05) is 0 Å². The zero-order chi connectivity index (χ0) is 7.78. The third-order valence-corrected chi connectivity index (χ3v) is 1.66. The second-order valence-electron chi connectivity index (χ2n) is 2.67. The van der Waals surface area contributed by atoms with Gasteiger partial charge in [0.15, 0.2) is 0 Å². The first-order valence-electron chi connectivity index (χ1n) is 4.28. The topological polar surface area (TPSA) is 0 Å². The molecule has 1 rings (SSSR count). The SMILES string of the molecule is [CH]1C/C=C\C=C/C/C=C\CC1. The summed E-state index contributed by atoms with van der Waals surface area (Å²) in [7, 11) is 0. The highest BCUT2D eigenvalue weighted by Crippen LogP contribution is 2.02. The summed E-state index contributed by atoms with van der Waals surface area (Å²) in [4.78, 5) is 0. The van der Waals surface area contributed by atoms with Crippen molar-refractivity contribution in [1.82, 2.24) is 0 Å². The lowest BCUT2D eigenvalue weighted by Crippen LogP contribution is -1.72. The van der Waals surface area contributed by atoms with Crippen LogP contribution in [0.4, 0.5) is 0 Å². The van der Waals surface area contributed by atoms with Crippen LogP contribution in [0.15, 0.2) is 36.5 Å². The Balaban J connectivity index is 2.35. The smallest absolute Gasteiger partial charge is 0.0166 e. The Hall–Kier alpha value is -0.780. The fourth-order valence-electron chi connectivity index (χ4n) is 1.04. The Labute approximate surface area is 69.3 Å². The summed E-state index contributed by atoms with van der Waals surface area (Å²) in [5, 5.41) is 0. The Bertz CT molecular complexity index is 161. The van der Waals surface area contributed by atoms with Crippen LogP contribution in [0.25, 0.3) is 0 Å². The highest BCUT2D eigenvalue weighted by atomic mass is 13.9. The van der Waals surface area contributed by atoms with Gasteiger partial charge in [-0.1, -0.05) is 36.5 Å². The largest absolute Gasteiger partial charge is 0.0882 e. The number of rotatable bonds is 0. The van der Waals surface area contributed by atoms with Gasteiger partial charge in [0.1, 0.15) is 0 Å². The molecule has 11 heavy (non-hydrogen) atoms. The number of hydrogen-bond donors (Lipinski definition) is 0. The van der Waals surface area contributed by atoms with Crippen LogP contribution in [-0.2, 0) is 0 Å². The van der Waals surface area contributed by atoms with Gasteiger partial charge in [-0.25, -0.2) is 0 Å². The summed E-state index contributed by atoms with van der Waals surface area (Å²) in [5.41, 5.74) is 0. The van der Waals surface area contributed by atoms with Gasteiger partial charge < -0.3 is 0 Å². The molecule has 0 fully saturated rings. The van der Waals surface area contributed by atoms with Crippen molar-refractivity contribution in [2.24, 2.45) is 0 Å². The van der Waals surface area contributed by atoms with Gasteiger partial charge in [0.25, 0.3) is 0 Å². The second kappa shape index (κ2) is 5.96. The maximum Gasteiger partial charge on any atom is -0.0166 e. The average Bonchev–Trinajstić information content (AvgIpc) is 2.08. The van der Waals surface area contributed by atoms with E-state index in [1.54, 1.807) is 0 Å². The summed E-state index contributed by atoms with van der Waals surface area (Å²) in [6.45, 7) is 0. The molecule has 0 aliphatic heterocycles. The van der Waals surface area contributed by atoms with Crippen LogP contribution in [0.5, 0.6) is 0 Å². The molecule has 1 aliphatic carbocycles. The van der Waals surface area contributed by atoms with Crippen LogP contribution in [0, 0.1) is 6.42 Å². The summed E-state index contributed by atoms with van der Waals surface area (Å²) >= 11 is 0. The van der Waals surface area contributed by atoms with Crippen molar-refractivity contribution in [2.45, 2.75) is 25.7 Å². The summed E-state index contributed by atoms with van der Waals surface area (Å²) in [6, 6.07) is 0.